The molecule has 2 aromatic rings. The summed E-state index contributed by atoms with van der Waals surface area (Å²) in [5.41, 5.74) is 1.03. The molecule has 0 aliphatic heterocycles. The number of carbonyl (C=O) groups excluding carboxylic acids is 1. The number of nitrogens with zero attached hydrogens (tertiary/aromatic N) is 2. The second kappa shape index (κ2) is 7.83. The largest absolute Gasteiger partial charge is 0.353 e. The second-order valence-corrected chi connectivity index (χ2v) is 7.30. The van der Waals surface area contributed by atoms with Gasteiger partial charge in [0.15, 0.2) is 5.16 Å². The van der Waals surface area contributed by atoms with Gasteiger partial charge in [-0.25, -0.2) is 4.98 Å². The van der Waals surface area contributed by atoms with E-state index in [0.29, 0.717) is 11.7 Å². The van der Waals surface area contributed by atoms with Crippen molar-refractivity contribution < 1.29 is 4.79 Å². The maximum Gasteiger partial charge on any atom is 0.230 e. The van der Waals surface area contributed by atoms with E-state index in [0.717, 1.165) is 15.3 Å². The molecule has 0 radical (unpaired) electrons. The van der Waals surface area contributed by atoms with Crippen LogP contribution in [-0.2, 0) is 4.79 Å². The summed E-state index contributed by atoms with van der Waals surface area (Å²) in [4.78, 5) is 16.3. The molecule has 1 unspecified atom stereocenters. The number of carbonyl (C=O) groups is 1. The van der Waals surface area contributed by atoms with Gasteiger partial charge in [0, 0.05) is 28.6 Å². The highest BCUT2D eigenvalue weighted by molar-refractivity contribution is 9.10. The van der Waals surface area contributed by atoms with Crippen molar-refractivity contribution in [1.82, 2.24) is 14.9 Å². The van der Waals surface area contributed by atoms with Crippen molar-refractivity contribution in [2.45, 2.75) is 32.0 Å². The number of hydrogen-bond acceptors (Lipinski definition) is 3. The van der Waals surface area contributed by atoms with Crippen molar-refractivity contribution in [3.63, 3.8) is 0 Å². The lowest BCUT2D eigenvalue weighted by molar-refractivity contribution is -0.119. The van der Waals surface area contributed by atoms with Gasteiger partial charge >= 0.3 is 0 Å². The molecule has 6 heteroatoms. The van der Waals surface area contributed by atoms with Crippen molar-refractivity contribution in [3.05, 3.63) is 41.1 Å². The van der Waals surface area contributed by atoms with E-state index >= 15 is 0 Å². The molecule has 0 bridgehead atoms. The summed E-state index contributed by atoms with van der Waals surface area (Å²) >= 11 is 4.87. The van der Waals surface area contributed by atoms with Gasteiger partial charge in [-0.3, -0.25) is 9.36 Å². The molecule has 1 aromatic heterocycles. The highest BCUT2D eigenvalue weighted by atomic mass is 79.9. The molecule has 1 aromatic carbocycles. The van der Waals surface area contributed by atoms with Gasteiger partial charge in [-0.05, 0) is 37.1 Å². The molecule has 0 aliphatic rings. The lowest BCUT2D eigenvalue weighted by Crippen LogP contribution is -2.37. The summed E-state index contributed by atoms with van der Waals surface area (Å²) in [7, 11) is 0. The Morgan fingerprint density at radius 1 is 1.32 bits per heavy atom. The van der Waals surface area contributed by atoms with E-state index in [-0.39, 0.29) is 11.9 Å². The third-order valence-corrected chi connectivity index (χ3v) is 4.93. The van der Waals surface area contributed by atoms with Crippen LogP contribution in [0.2, 0.25) is 0 Å². The number of rotatable bonds is 6. The summed E-state index contributed by atoms with van der Waals surface area (Å²) in [5, 5.41) is 3.82. The fourth-order valence-corrected chi connectivity index (χ4v) is 2.84. The normalized spacial score (nSPS) is 12.4. The van der Waals surface area contributed by atoms with Crippen LogP contribution in [-0.4, -0.2) is 27.3 Å². The third kappa shape index (κ3) is 4.61. The molecule has 1 N–H and O–H groups in total. The molecule has 22 heavy (non-hydrogen) atoms. The van der Waals surface area contributed by atoms with Crippen LogP contribution in [0.3, 0.4) is 0 Å². The number of thioether (sulfide) groups is 1. The molecule has 0 fully saturated rings. The Labute approximate surface area is 143 Å². The summed E-state index contributed by atoms with van der Waals surface area (Å²) in [5.74, 6) is 0.834. The van der Waals surface area contributed by atoms with E-state index in [9.17, 15) is 4.79 Å². The monoisotopic (exact) mass is 381 g/mol. The van der Waals surface area contributed by atoms with Gasteiger partial charge in [-0.2, -0.15) is 0 Å². The van der Waals surface area contributed by atoms with E-state index in [1.807, 2.05) is 42.0 Å². The SMILES string of the molecule is CC(C)C(C)NC(=O)CSc1nccn1-c1ccc(Br)cc1. The number of amides is 1. The highest BCUT2D eigenvalue weighted by Crippen LogP contribution is 2.21. The summed E-state index contributed by atoms with van der Waals surface area (Å²) in [6.07, 6.45) is 3.65. The average molecular weight is 382 g/mol. The quantitative estimate of drug-likeness (QED) is 0.772. The molecule has 0 spiro atoms. The fraction of sp³-hybridized carbons (Fsp3) is 0.375. The minimum atomic E-state index is 0.0385. The molecule has 2 rings (SSSR count). The van der Waals surface area contributed by atoms with Gasteiger partial charge in [-0.15, -0.1) is 0 Å². The summed E-state index contributed by atoms with van der Waals surface area (Å²) < 4.78 is 3.02. The highest BCUT2D eigenvalue weighted by Gasteiger charge is 2.13. The zero-order valence-corrected chi connectivity index (χ0v) is 15.3. The predicted octanol–water partition coefficient (Wildman–Crippen LogP) is 3.89. The Balaban J connectivity index is 1.99. The van der Waals surface area contributed by atoms with Crippen molar-refractivity contribution >= 4 is 33.6 Å². The Kier molecular flexibility index (Phi) is 6.08. The van der Waals surface area contributed by atoms with E-state index in [4.69, 9.17) is 0 Å². The van der Waals surface area contributed by atoms with Crippen molar-refractivity contribution in [2.24, 2.45) is 5.92 Å². The van der Waals surface area contributed by atoms with Crippen LogP contribution < -0.4 is 5.32 Å². The van der Waals surface area contributed by atoms with E-state index in [2.05, 4.69) is 40.1 Å². The summed E-state index contributed by atoms with van der Waals surface area (Å²) in [6, 6.07) is 8.18. The first-order valence-corrected chi connectivity index (χ1v) is 8.96. The molecule has 1 amide bonds. The second-order valence-electron chi connectivity index (χ2n) is 5.45. The van der Waals surface area contributed by atoms with Gasteiger partial charge in [0.1, 0.15) is 0 Å². The minimum Gasteiger partial charge on any atom is -0.353 e. The zero-order chi connectivity index (χ0) is 16.1. The molecule has 1 heterocycles. The molecule has 0 aliphatic carbocycles. The first-order valence-electron chi connectivity index (χ1n) is 7.19. The molecular formula is C16H20BrN3OS. The number of aromatic nitrogens is 2. The Morgan fingerprint density at radius 2 is 2.00 bits per heavy atom. The van der Waals surface area contributed by atoms with Crippen LogP contribution in [0.1, 0.15) is 20.8 Å². The smallest absolute Gasteiger partial charge is 0.230 e. The van der Waals surface area contributed by atoms with Gasteiger partial charge in [0.05, 0.1) is 5.75 Å². The van der Waals surface area contributed by atoms with Crippen molar-refractivity contribution in [1.29, 1.82) is 0 Å². The molecule has 118 valence electrons. The van der Waals surface area contributed by atoms with Gasteiger partial charge in [-0.1, -0.05) is 41.5 Å². The average Bonchev–Trinajstić information content (AvgIpc) is 2.94. The Morgan fingerprint density at radius 3 is 2.64 bits per heavy atom. The Bertz CT molecular complexity index is 625. The zero-order valence-electron chi connectivity index (χ0n) is 12.9. The fourth-order valence-electron chi connectivity index (χ4n) is 1.79. The number of benzene rings is 1. The molecular weight excluding hydrogens is 362 g/mol. The lowest BCUT2D eigenvalue weighted by atomic mass is 10.1. The minimum absolute atomic E-state index is 0.0385. The molecule has 4 nitrogen and oxygen atoms in total. The number of halogens is 1. The first kappa shape index (κ1) is 17.1. The lowest BCUT2D eigenvalue weighted by Gasteiger charge is -2.17. The standard InChI is InChI=1S/C16H20BrN3OS/c1-11(2)12(3)19-15(21)10-22-16-18-8-9-20(16)14-6-4-13(17)5-7-14/h4-9,11-12H,10H2,1-3H3,(H,19,21). The maximum absolute atomic E-state index is 12.0. The molecule has 0 saturated carbocycles. The van der Waals surface area contributed by atoms with Crippen LogP contribution in [0.4, 0.5) is 0 Å². The Hall–Kier alpha value is -1.27. The maximum atomic E-state index is 12.0. The van der Waals surface area contributed by atoms with Crippen LogP contribution >= 0.6 is 27.7 Å². The van der Waals surface area contributed by atoms with Gasteiger partial charge in [0.2, 0.25) is 5.91 Å². The van der Waals surface area contributed by atoms with Crippen molar-refractivity contribution in [2.75, 3.05) is 5.75 Å². The number of imidazole rings is 1. The predicted molar refractivity (Wildman–Crippen MR) is 94.4 cm³/mol. The van der Waals surface area contributed by atoms with Gasteiger partial charge < -0.3 is 5.32 Å². The van der Waals surface area contributed by atoms with E-state index in [1.165, 1.54) is 11.8 Å². The summed E-state index contributed by atoms with van der Waals surface area (Å²) in [6.45, 7) is 6.21. The number of hydrogen-bond donors (Lipinski definition) is 1. The van der Waals surface area contributed by atoms with Crippen LogP contribution in [0.25, 0.3) is 5.69 Å². The van der Waals surface area contributed by atoms with Crippen LogP contribution in [0, 0.1) is 5.92 Å². The number of nitrogens with one attached hydrogen (secondary N) is 1. The molecule has 0 saturated heterocycles. The van der Waals surface area contributed by atoms with Crippen LogP contribution in [0.5, 0.6) is 0 Å². The first-order chi connectivity index (χ1) is 10.5. The van der Waals surface area contributed by atoms with E-state index in [1.54, 1.807) is 6.20 Å². The molecule has 1 atom stereocenters. The van der Waals surface area contributed by atoms with Crippen LogP contribution in [0.15, 0.2) is 46.3 Å². The third-order valence-electron chi connectivity index (χ3n) is 3.43. The van der Waals surface area contributed by atoms with E-state index < -0.39 is 0 Å². The van der Waals surface area contributed by atoms with Crippen molar-refractivity contribution in [3.8, 4) is 5.69 Å². The van der Waals surface area contributed by atoms with Gasteiger partial charge in [0.25, 0.3) is 0 Å². The topological polar surface area (TPSA) is 46.9 Å².